The molecule has 0 atom stereocenters. The number of urea groups is 1. The molecule has 0 bridgehead atoms. The molecule has 25 heavy (non-hydrogen) atoms. The van der Waals surface area contributed by atoms with Crippen LogP contribution in [0.25, 0.3) is 11.1 Å². The number of nitrogens with one attached hydrogen (secondary N) is 2. The van der Waals surface area contributed by atoms with E-state index in [0.717, 1.165) is 55.8 Å². The monoisotopic (exact) mass is 342 g/mol. The number of hydrogen-bond donors (Lipinski definition) is 2. The van der Waals surface area contributed by atoms with Gasteiger partial charge in [-0.1, -0.05) is 12.1 Å². The van der Waals surface area contributed by atoms with Gasteiger partial charge in [0.2, 0.25) is 5.91 Å². The van der Waals surface area contributed by atoms with Gasteiger partial charge >= 0.3 is 6.03 Å². The Morgan fingerprint density at radius 2 is 1.92 bits per heavy atom. The Kier molecular flexibility index (Phi) is 4.40. The molecule has 0 unspecified atom stereocenters. The molecule has 0 radical (unpaired) electrons. The molecule has 1 aromatic carbocycles. The summed E-state index contributed by atoms with van der Waals surface area (Å²) in [5.41, 5.74) is 1.71. The molecular weight excluding hydrogens is 320 g/mol. The van der Waals surface area contributed by atoms with E-state index < -0.39 is 0 Å². The number of benzene rings is 1. The molecule has 4 rings (SSSR count). The summed E-state index contributed by atoms with van der Waals surface area (Å²) in [5, 5.41) is 5.15. The average Bonchev–Trinajstić information content (AvgIpc) is 3.30. The Bertz CT molecular complexity index is 742. The minimum atomic E-state index is -0.381. The number of amides is 3. The van der Waals surface area contributed by atoms with Crippen molar-refractivity contribution in [2.45, 2.75) is 37.6 Å². The number of likely N-dealkylation sites (tertiary alicyclic amines) is 1. The van der Waals surface area contributed by atoms with Gasteiger partial charge in [-0.2, -0.15) is 0 Å². The first-order valence-electron chi connectivity index (χ1n) is 8.85. The third-order valence-electron chi connectivity index (χ3n) is 4.78. The van der Waals surface area contributed by atoms with Gasteiger partial charge in [-0.15, -0.1) is 0 Å². The average molecular weight is 342 g/mol. The van der Waals surface area contributed by atoms with E-state index in [2.05, 4.69) is 20.5 Å². The fraction of sp³-hybridized carbons (Fsp3) is 0.500. The number of rotatable bonds is 4. The number of imide groups is 1. The number of carbonyl (C=O) groups is 2. The number of para-hydroxylation sites is 2. The Morgan fingerprint density at radius 1 is 1.16 bits per heavy atom. The third kappa shape index (κ3) is 3.99. The van der Waals surface area contributed by atoms with Crippen LogP contribution in [0.5, 0.6) is 0 Å². The molecule has 2 N–H and O–H groups in total. The standard InChI is InChI=1S/C18H22N4O3/c23-16(21-18(24)19-13-5-6-13)11-22-9-7-12(8-10-22)17-20-14-3-1-2-4-15(14)25-17/h1-4,12-13H,5-11H2,(H2,19,21,23,24). The predicted octanol–water partition coefficient (Wildman–Crippen LogP) is 2.00. The van der Waals surface area contributed by atoms with Crippen LogP contribution in [-0.4, -0.2) is 47.5 Å². The van der Waals surface area contributed by atoms with Gasteiger partial charge in [-0.25, -0.2) is 9.78 Å². The molecule has 1 saturated heterocycles. The smallest absolute Gasteiger partial charge is 0.321 e. The SMILES string of the molecule is O=C(CN1CCC(c2nc3ccccc3o2)CC1)NC(=O)NC1CC1. The predicted molar refractivity (Wildman–Crippen MR) is 92.1 cm³/mol. The van der Waals surface area contributed by atoms with Crippen LogP contribution in [0.4, 0.5) is 4.79 Å². The molecule has 132 valence electrons. The molecule has 2 aliphatic rings. The van der Waals surface area contributed by atoms with Crippen LogP contribution in [0.2, 0.25) is 0 Å². The Balaban J connectivity index is 1.26. The lowest BCUT2D eigenvalue weighted by molar-refractivity contribution is -0.121. The van der Waals surface area contributed by atoms with Crippen LogP contribution in [0.15, 0.2) is 28.7 Å². The van der Waals surface area contributed by atoms with E-state index in [1.807, 2.05) is 24.3 Å². The highest BCUT2D eigenvalue weighted by Crippen LogP contribution is 2.29. The number of carbonyl (C=O) groups excluding carboxylic acids is 2. The maximum atomic E-state index is 11.9. The van der Waals surface area contributed by atoms with Crippen molar-refractivity contribution in [3.63, 3.8) is 0 Å². The largest absolute Gasteiger partial charge is 0.440 e. The second-order valence-electron chi connectivity index (χ2n) is 6.87. The van der Waals surface area contributed by atoms with E-state index in [-0.39, 0.29) is 30.4 Å². The first kappa shape index (κ1) is 16.1. The summed E-state index contributed by atoms with van der Waals surface area (Å²) in [7, 11) is 0. The van der Waals surface area contributed by atoms with E-state index in [1.165, 1.54) is 0 Å². The van der Waals surface area contributed by atoms with Crippen LogP contribution in [0.1, 0.15) is 37.5 Å². The summed E-state index contributed by atoms with van der Waals surface area (Å²) in [6, 6.07) is 7.65. The molecular formula is C18H22N4O3. The highest BCUT2D eigenvalue weighted by atomic mass is 16.3. The zero-order chi connectivity index (χ0) is 17.2. The van der Waals surface area contributed by atoms with Gasteiger partial charge in [0, 0.05) is 12.0 Å². The van der Waals surface area contributed by atoms with Gasteiger partial charge < -0.3 is 9.73 Å². The van der Waals surface area contributed by atoms with E-state index in [9.17, 15) is 9.59 Å². The molecule has 2 heterocycles. The molecule has 1 aromatic heterocycles. The zero-order valence-corrected chi connectivity index (χ0v) is 14.0. The van der Waals surface area contributed by atoms with E-state index in [1.54, 1.807) is 0 Å². The lowest BCUT2D eigenvalue weighted by Gasteiger charge is -2.29. The molecule has 7 heteroatoms. The fourth-order valence-electron chi connectivity index (χ4n) is 3.22. The number of piperidine rings is 1. The van der Waals surface area contributed by atoms with Crippen LogP contribution < -0.4 is 10.6 Å². The molecule has 3 amide bonds. The number of fused-ring (bicyclic) bond motifs is 1. The van der Waals surface area contributed by atoms with Crippen LogP contribution in [-0.2, 0) is 4.79 Å². The summed E-state index contributed by atoms with van der Waals surface area (Å²) in [5.74, 6) is 0.817. The highest BCUT2D eigenvalue weighted by molar-refractivity contribution is 5.95. The highest BCUT2D eigenvalue weighted by Gasteiger charge is 2.27. The van der Waals surface area contributed by atoms with Crippen LogP contribution >= 0.6 is 0 Å². The molecule has 1 saturated carbocycles. The van der Waals surface area contributed by atoms with Gasteiger partial charge in [-0.3, -0.25) is 15.0 Å². The van der Waals surface area contributed by atoms with Crippen molar-refractivity contribution in [1.29, 1.82) is 0 Å². The van der Waals surface area contributed by atoms with Gasteiger partial charge in [0.15, 0.2) is 11.5 Å². The van der Waals surface area contributed by atoms with Gasteiger partial charge in [-0.05, 0) is 50.9 Å². The van der Waals surface area contributed by atoms with Crippen molar-refractivity contribution >= 4 is 23.0 Å². The Morgan fingerprint density at radius 3 is 2.64 bits per heavy atom. The minimum Gasteiger partial charge on any atom is -0.440 e. The lowest BCUT2D eigenvalue weighted by Crippen LogP contribution is -2.46. The van der Waals surface area contributed by atoms with Crippen molar-refractivity contribution in [2.24, 2.45) is 0 Å². The minimum absolute atomic E-state index is 0.248. The molecule has 2 fully saturated rings. The van der Waals surface area contributed by atoms with Gasteiger partial charge in [0.25, 0.3) is 0 Å². The maximum Gasteiger partial charge on any atom is 0.321 e. The normalized spacial score (nSPS) is 19.0. The van der Waals surface area contributed by atoms with Gasteiger partial charge in [0.1, 0.15) is 5.52 Å². The quantitative estimate of drug-likeness (QED) is 0.887. The van der Waals surface area contributed by atoms with Crippen LogP contribution in [0, 0.1) is 0 Å². The first-order chi connectivity index (χ1) is 12.2. The third-order valence-corrected chi connectivity index (χ3v) is 4.78. The zero-order valence-electron chi connectivity index (χ0n) is 14.0. The number of hydrogen-bond acceptors (Lipinski definition) is 5. The molecule has 0 spiro atoms. The van der Waals surface area contributed by atoms with Gasteiger partial charge in [0.05, 0.1) is 6.54 Å². The Labute approximate surface area is 145 Å². The van der Waals surface area contributed by atoms with E-state index >= 15 is 0 Å². The van der Waals surface area contributed by atoms with Crippen molar-refractivity contribution in [3.05, 3.63) is 30.2 Å². The molecule has 1 aliphatic carbocycles. The number of nitrogens with zero attached hydrogens (tertiary/aromatic N) is 2. The number of oxazole rings is 1. The lowest BCUT2D eigenvalue weighted by atomic mass is 9.97. The number of aromatic nitrogens is 1. The second-order valence-corrected chi connectivity index (χ2v) is 6.87. The van der Waals surface area contributed by atoms with E-state index in [4.69, 9.17) is 4.42 Å². The van der Waals surface area contributed by atoms with Crippen molar-refractivity contribution in [2.75, 3.05) is 19.6 Å². The summed E-state index contributed by atoms with van der Waals surface area (Å²) in [6.45, 7) is 1.83. The molecule has 1 aliphatic heterocycles. The maximum absolute atomic E-state index is 11.9. The summed E-state index contributed by atoms with van der Waals surface area (Å²) in [4.78, 5) is 30.2. The summed E-state index contributed by atoms with van der Waals surface area (Å²) in [6.07, 6.45) is 3.80. The van der Waals surface area contributed by atoms with Crippen molar-refractivity contribution in [1.82, 2.24) is 20.5 Å². The Hall–Kier alpha value is -2.41. The topological polar surface area (TPSA) is 87.5 Å². The fourth-order valence-corrected chi connectivity index (χ4v) is 3.22. The van der Waals surface area contributed by atoms with E-state index in [0.29, 0.717) is 0 Å². The van der Waals surface area contributed by atoms with Crippen LogP contribution in [0.3, 0.4) is 0 Å². The summed E-state index contributed by atoms with van der Waals surface area (Å²) < 4.78 is 5.86. The molecule has 7 nitrogen and oxygen atoms in total. The molecule has 2 aromatic rings. The summed E-state index contributed by atoms with van der Waals surface area (Å²) >= 11 is 0. The van der Waals surface area contributed by atoms with Crippen molar-refractivity contribution < 1.29 is 14.0 Å². The first-order valence-corrected chi connectivity index (χ1v) is 8.85. The van der Waals surface area contributed by atoms with Crippen molar-refractivity contribution in [3.8, 4) is 0 Å². The second kappa shape index (κ2) is 6.84.